The lowest BCUT2D eigenvalue weighted by atomic mass is 9.96. The van der Waals surface area contributed by atoms with Gasteiger partial charge < -0.3 is 15.5 Å². The van der Waals surface area contributed by atoms with Crippen molar-refractivity contribution in [2.24, 2.45) is 5.92 Å². The van der Waals surface area contributed by atoms with Crippen molar-refractivity contribution in [3.05, 3.63) is 23.4 Å². The Labute approximate surface area is 120 Å². The van der Waals surface area contributed by atoms with E-state index in [9.17, 15) is 4.79 Å². The first-order chi connectivity index (χ1) is 9.45. The second-order valence-electron chi connectivity index (χ2n) is 5.85. The number of pyridine rings is 1. The predicted molar refractivity (Wildman–Crippen MR) is 80.6 cm³/mol. The number of piperidine rings is 1. The Hall–Kier alpha value is -1.62. The Morgan fingerprint density at radius 2 is 2.10 bits per heavy atom. The minimum Gasteiger partial charge on any atom is -0.384 e. The second-order valence-corrected chi connectivity index (χ2v) is 5.85. The number of anilines is 1. The molecule has 2 N–H and O–H groups in total. The lowest BCUT2D eigenvalue weighted by molar-refractivity contribution is 0.0747. The summed E-state index contributed by atoms with van der Waals surface area (Å²) in [5.74, 6) is 1.03. The van der Waals surface area contributed by atoms with Gasteiger partial charge in [-0.3, -0.25) is 4.79 Å². The molecular weight excluding hydrogens is 252 g/mol. The number of amides is 1. The third kappa shape index (κ3) is 3.70. The number of nitrogen functional groups attached to an aromatic ring is 1. The van der Waals surface area contributed by atoms with Crippen molar-refractivity contribution in [1.29, 1.82) is 0 Å². The van der Waals surface area contributed by atoms with Crippen molar-refractivity contribution >= 4 is 11.7 Å². The zero-order valence-corrected chi connectivity index (χ0v) is 12.6. The molecule has 0 aromatic carbocycles. The van der Waals surface area contributed by atoms with Crippen LogP contribution in [0.25, 0.3) is 0 Å². The maximum atomic E-state index is 12.4. The average Bonchev–Trinajstić information content (AvgIpc) is 2.39. The maximum absolute atomic E-state index is 12.4. The standard InChI is InChI=1S/C15H24N4O/c1-11-8-13(9-14(16)17-11)15(20)19(3)10-12-4-6-18(2)7-5-12/h8-9,12H,4-7,10H2,1-3H3,(H2,16,17). The van der Waals surface area contributed by atoms with Gasteiger partial charge in [-0.15, -0.1) is 0 Å². The van der Waals surface area contributed by atoms with Crippen molar-refractivity contribution in [2.45, 2.75) is 19.8 Å². The van der Waals surface area contributed by atoms with Gasteiger partial charge >= 0.3 is 0 Å². The first kappa shape index (κ1) is 14.8. The number of nitrogens with two attached hydrogens (primary N) is 1. The number of rotatable bonds is 3. The molecule has 1 amide bonds. The summed E-state index contributed by atoms with van der Waals surface area (Å²) in [5, 5.41) is 0. The topological polar surface area (TPSA) is 62.5 Å². The third-order valence-electron chi connectivity index (χ3n) is 3.94. The number of carbonyl (C=O) groups is 1. The van der Waals surface area contributed by atoms with Gasteiger partial charge in [-0.25, -0.2) is 4.98 Å². The van der Waals surface area contributed by atoms with Crippen molar-refractivity contribution in [3.63, 3.8) is 0 Å². The summed E-state index contributed by atoms with van der Waals surface area (Å²) in [7, 11) is 4.01. The first-order valence-corrected chi connectivity index (χ1v) is 7.14. The van der Waals surface area contributed by atoms with Crippen LogP contribution in [0.15, 0.2) is 12.1 Å². The fourth-order valence-electron chi connectivity index (χ4n) is 2.75. The highest BCUT2D eigenvalue weighted by atomic mass is 16.2. The third-order valence-corrected chi connectivity index (χ3v) is 3.94. The summed E-state index contributed by atoms with van der Waals surface area (Å²) in [6.07, 6.45) is 2.32. The summed E-state index contributed by atoms with van der Waals surface area (Å²) < 4.78 is 0. The number of hydrogen-bond acceptors (Lipinski definition) is 4. The molecular formula is C15H24N4O. The molecule has 20 heavy (non-hydrogen) atoms. The van der Waals surface area contributed by atoms with Gasteiger partial charge in [-0.05, 0) is 58.0 Å². The normalized spacial score (nSPS) is 17.1. The number of aromatic nitrogens is 1. The van der Waals surface area contributed by atoms with Crippen LogP contribution in [0.3, 0.4) is 0 Å². The summed E-state index contributed by atoms with van der Waals surface area (Å²) in [4.78, 5) is 20.7. The molecule has 5 heteroatoms. The molecule has 1 aliphatic heterocycles. The highest BCUT2D eigenvalue weighted by Gasteiger charge is 2.21. The average molecular weight is 276 g/mol. The Bertz CT molecular complexity index is 461. The van der Waals surface area contributed by atoms with Crippen LogP contribution < -0.4 is 5.73 Å². The van der Waals surface area contributed by atoms with E-state index in [0.29, 0.717) is 17.3 Å². The molecule has 1 saturated heterocycles. The lowest BCUT2D eigenvalue weighted by Crippen LogP contribution is -2.38. The largest absolute Gasteiger partial charge is 0.384 e. The summed E-state index contributed by atoms with van der Waals surface area (Å²) in [6, 6.07) is 3.45. The first-order valence-electron chi connectivity index (χ1n) is 7.14. The molecule has 1 aliphatic rings. The molecule has 0 atom stereocenters. The van der Waals surface area contributed by atoms with Gasteiger partial charge in [0.15, 0.2) is 0 Å². The van der Waals surface area contributed by atoms with Crippen LogP contribution in [-0.4, -0.2) is 54.4 Å². The molecule has 2 heterocycles. The Balaban J connectivity index is 1.98. The van der Waals surface area contributed by atoms with Gasteiger partial charge in [0.25, 0.3) is 5.91 Å². The quantitative estimate of drug-likeness (QED) is 0.906. The highest BCUT2D eigenvalue weighted by Crippen LogP contribution is 2.18. The van der Waals surface area contributed by atoms with Crippen LogP contribution >= 0.6 is 0 Å². The minimum absolute atomic E-state index is 0.0288. The molecule has 2 rings (SSSR count). The van der Waals surface area contributed by atoms with Crippen LogP contribution in [0.2, 0.25) is 0 Å². The van der Waals surface area contributed by atoms with Gasteiger partial charge in [0, 0.05) is 24.8 Å². The smallest absolute Gasteiger partial charge is 0.253 e. The number of nitrogens with zero attached hydrogens (tertiary/aromatic N) is 3. The number of carbonyl (C=O) groups excluding carboxylic acids is 1. The molecule has 0 saturated carbocycles. The zero-order valence-electron chi connectivity index (χ0n) is 12.6. The molecule has 1 aromatic heterocycles. The van der Waals surface area contributed by atoms with Crippen LogP contribution in [0.5, 0.6) is 0 Å². The molecule has 0 spiro atoms. The summed E-state index contributed by atoms with van der Waals surface area (Å²) in [6.45, 7) is 4.90. The molecule has 0 bridgehead atoms. The molecule has 0 unspecified atom stereocenters. The molecule has 110 valence electrons. The van der Waals surface area contributed by atoms with Crippen LogP contribution in [0.4, 0.5) is 5.82 Å². The molecule has 5 nitrogen and oxygen atoms in total. The number of aryl methyl sites for hydroxylation is 1. The van der Waals surface area contributed by atoms with Gasteiger partial charge in [0.1, 0.15) is 5.82 Å². The minimum atomic E-state index is 0.0288. The van der Waals surface area contributed by atoms with E-state index >= 15 is 0 Å². The van der Waals surface area contributed by atoms with Gasteiger partial charge in [0.05, 0.1) is 0 Å². The van der Waals surface area contributed by atoms with E-state index in [1.807, 2.05) is 18.9 Å². The Kier molecular flexibility index (Phi) is 4.60. The number of hydrogen-bond donors (Lipinski definition) is 1. The lowest BCUT2D eigenvalue weighted by Gasteiger charge is -2.31. The van der Waals surface area contributed by atoms with E-state index < -0.39 is 0 Å². The van der Waals surface area contributed by atoms with Crippen molar-refractivity contribution < 1.29 is 4.79 Å². The monoisotopic (exact) mass is 276 g/mol. The van der Waals surface area contributed by atoms with E-state index in [1.54, 1.807) is 12.1 Å². The molecule has 1 aromatic rings. The Morgan fingerprint density at radius 3 is 2.70 bits per heavy atom. The predicted octanol–water partition coefficient (Wildman–Crippen LogP) is 1.39. The summed E-state index contributed by atoms with van der Waals surface area (Å²) >= 11 is 0. The second kappa shape index (κ2) is 6.22. The summed E-state index contributed by atoms with van der Waals surface area (Å²) in [5.41, 5.74) is 7.12. The van der Waals surface area contributed by atoms with E-state index in [4.69, 9.17) is 5.73 Å². The van der Waals surface area contributed by atoms with Crippen molar-refractivity contribution in [2.75, 3.05) is 39.5 Å². The number of likely N-dealkylation sites (tertiary alicyclic amines) is 1. The highest BCUT2D eigenvalue weighted by molar-refractivity contribution is 5.94. The van der Waals surface area contributed by atoms with Crippen molar-refractivity contribution in [3.8, 4) is 0 Å². The SMILES string of the molecule is Cc1cc(C(=O)N(C)CC2CCN(C)CC2)cc(N)n1. The zero-order chi connectivity index (χ0) is 14.7. The molecule has 0 aliphatic carbocycles. The van der Waals surface area contributed by atoms with E-state index in [-0.39, 0.29) is 5.91 Å². The van der Waals surface area contributed by atoms with Crippen molar-refractivity contribution in [1.82, 2.24) is 14.8 Å². The van der Waals surface area contributed by atoms with Gasteiger partial charge in [-0.1, -0.05) is 0 Å². The van der Waals surface area contributed by atoms with E-state index in [1.165, 1.54) is 0 Å². The van der Waals surface area contributed by atoms with Crippen LogP contribution in [-0.2, 0) is 0 Å². The van der Waals surface area contributed by atoms with E-state index in [2.05, 4.69) is 16.9 Å². The van der Waals surface area contributed by atoms with Gasteiger partial charge in [0.2, 0.25) is 0 Å². The van der Waals surface area contributed by atoms with Crippen LogP contribution in [0, 0.1) is 12.8 Å². The molecule has 1 fully saturated rings. The maximum Gasteiger partial charge on any atom is 0.253 e. The van der Waals surface area contributed by atoms with Gasteiger partial charge in [-0.2, -0.15) is 0 Å². The molecule has 0 radical (unpaired) electrons. The van der Waals surface area contributed by atoms with Crippen LogP contribution in [0.1, 0.15) is 28.9 Å². The van der Waals surface area contributed by atoms with E-state index in [0.717, 1.165) is 38.2 Å². The Morgan fingerprint density at radius 1 is 1.45 bits per heavy atom. The fourth-order valence-corrected chi connectivity index (χ4v) is 2.75. The fraction of sp³-hybridized carbons (Fsp3) is 0.600.